The van der Waals surface area contributed by atoms with Gasteiger partial charge in [0.25, 0.3) is 0 Å². The van der Waals surface area contributed by atoms with Gasteiger partial charge in [-0.1, -0.05) is 30.3 Å². The van der Waals surface area contributed by atoms with E-state index in [0.29, 0.717) is 17.7 Å². The molecule has 4 heteroatoms. The lowest BCUT2D eigenvalue weighted by atomic mass is 10.1. The van der Waals surface area contributed by atoms with E-state index in [9.17, 15) is 8.60 Å². The summed E-state index contributed by atoms with van der Waals surface area (Å²) in [5, 5.41) is 3.37. The molecule has 0 spiro atoms. The van der Waals surface area contributed by atoms with Gasteiger partial charge in [0.1, 0.15) is 5.82 Å². The fourth-order valence-corrected chi connectivity index (χ4v) is 2.96. The summed E-state index contributed by atoms with van der Waals surface area (Å²) in [6, 6.07) is 14.8. The predicted molar refractivity (Wildman–Crippen MR) is 87.4 cm³/mol. The second-order valence-electron chi connectivity index (χ2n) is 5.26. The molecule has 0 heterocycles. The molecule has 0 amide bonds. The zero-order valence-corrected chi connectivity index (χ0v) is 13.1. The van der Waals surface area contributed by atoms with Crippen LogP contribution in [0.1, 0.15) is 18.1 Å². The van der Waals surface area contributed by atoms with Crippen LogP contribution in [0.5, 0.6) is 0 Å². The van der Waals surface area contributed by atoms with E-state index in [1.54, 1.807) is 12.3 Å². The van der Waals surface area contributed by atoms with Crippen LogP contribution in [-0.2, 0) is 23.0 Å². The maximum Gasteiger partial charge on any atom is 0.126 e. The minimum Gasteiger partial charge on any atom is -0.382 e. The van der Waals surface area contributed by atoms with Gasteiger partial charge in [0.2, 0.25) is 0 Å². The Hall–Kier alpha value is -1.68. The Labute approximate surface area is 127 Å². The monoisotopic (exact) mass is 305 g/mol. The molecule has 21 heavy (non-hydrogen) atoms. The lowest BCUT2D eigenvalue weighted by Gasteiger charge is -2.16. The third-order valence-corrected chi connectivity index (χ3v) is 3.93. The van der Waals surface area contributed by atoms with Crippen molar-refractivity contribution in [2.24, 2.45) is 0 Å². The molecular formula is C17H20FNOS. The van der Waals surface area contributed by atoms with Gasteiger partial charge in [0, 0.05) is 34.5 Å². The van der Waals surface area contributed by atoms with Crippen LogP contribution in [0.15, 0.2) is 48.5 Å². The third kappa shape index (κ3) is 4.97. The maximum absolute atomic E-state index is 13.6. The summed E-state index contributed by atoms with van der Waals surface area (Å²) in [5.74, 6) is 0.387. The smallest absolute Gasteiger partial charge is 0.126 e. The Morgan fingerprint density at radius 2 is 1.95 bits per heavy atom. The molecule has 0 fully saturated rings. The molecule has 2 aromatic carbocycles. The van der Waals surface area contributed by atoms with Gasteiger partial charge in [-0.25, -0.2) is 4.39 Å². The summed E-state index contributed by atoms with van der Waals surface area (Å²) in [5.41, 5.74) is 2.73. The minimum absolute atomic E-state index is 0.115. The predicted octanol–water partition coefficient (Wildman–Crippen LogP) is 3.75. The second kappa shape index (κ2) is 7.36. The first kappa shape index (κ1) is 15.7. The normalized spacial score (nSPS) is 13.7. The van der Waals surface area contributed by atoms with Crippen LogP contribution in [0.25, 0.3) is 0 Å². The number of nitrogens with one attached hydrogen (secondary N) is 1. The minimum atomic E-state index is -0.849. The molecule has 0 saturated heterocycles. The highest BCUT2D eigenvalue weighted by Crippen LogP contribution is 2.16. The standard InChI is InChI=1S/C17H20FNOS/c1-13(10-15-7-3-4-9-17(15)18)19-16-8-5-6-14(11-16)12-21(2)20/h3-9,11,13,19H,10,12H2,1-2H3. The quantitative estimate of drug-likeness (QED) is 0.880. The van der Waals surface area contributed by atoms with Crippen LogP contribution in [0.3, 0.4) is 0 Å². The molecule has 2 atom stereocenters. The van der Waals surface area contributed by atoms with Gasteiger partial charge in [-0.3, -0.25) is 4.21 Å². The molecule has 0 aromatic heterocycles. The van der Waals surface area contributed by atoms with Crippen LogP contribution < -0.4 is 5.32 Å². The van der Waals surface area contributed by atoms with Crippen LogP contribution in [0.4, 0.5) is 10.1 Å². The number of anilines is 1. The Balaban J connectivity index is 2.01. The van der Waals surface area contributed by atoms with E-state index in [2.05, 4.69) is 5.32 Å². The van der Waals surface area contributed by atoms with Gasteiger partial charge in [-0.05, 0) is 42.7 Å². The molecule has 112 valence electrons. The van der Waals surface area contributed by atoms with E-state index in [0.717, 1.165) is 11.3 Å². The fourth-order valence-electron chi connectivity index (χ4n) is 2.31. The third-order valence-electron chi connectivity index (χ3n) is 3.19. The number of rotatable bonds is 6. The zero-order chi connectivity index (χ0) is 15.2. The largest absolute Gasteiger partial charge is 0.382 e. The van der Waals surface area contributed by atoms with E-state index in [1.807, 2.05) is 43.3 Å². The summed E-state index contributed by atoms with van der Waals surface area (Å²) < 4.78 is 24.9. The average Bonchev–Trinajstić information content (AvgIpc) is 2.41. The molecule has 0 aliphatic carbocycles. The summed E-state index contributed by atoms with van der Waals surface area (Å²) in [7, 11) is -0.849. The second-order valence-corrected chi connectivity index (χ2v) is 6.69. The van der Waals surface area contributed by atoms with Crippen LogP contribution in [-0.4, -0.2) is 16.5 Å². The highest BCUT2D eigenvalue weighted by Gasteiger charge is 2.08. The topological polar surface area (TPSA) is 29.1 Å². The highest BCUT2D eigenvalue weighted by molar-refractivity contribution is 7.83. The fraction of sp³-hybridized carbons (Fsp3) is 0.294. The van der Waals surface area contributed by atoms with Crippen molar-refractivity contribution in [3.8, 4) is 0 Å². The van der Waals surface area contributed by atoms with E-state index >= 15 is 0 Å². The van der Waals surface area contributed by atoms with Crippen molar-refractivity contribution < 1.29 is 8.60 Å². The maximum atomic E-state index is 13.6. The number of halogens is 1. The summed E-state index contributed by atoms with van der Waals surface area (Å²) in [6.07, 6.45) is 2.32. The SMILES string of the molecule is CC(Cc1ccccc1F)Nc1cccc(CS(C)=O)c1. The van der Waals surface area contributed by atoms with Gasteiger partial charge in [-0.15, -0.1) is 0 Å². The first-order valence-electron chi connectivity index (χ1n) is 6.93. The Morgan fingerprint density at radius 3 is 2.67 bits per heavy atom. The van der Waals surface area contributed by atoms with Gasteiger partial charge < -0.3 is 5.32 Å². The zero-order valence-electron chi connectivity index (χ0n) is 12.3. The molecule has 2 nitrogen and oxygen atoms in total. The molecule has 2 unspecified atom stereocenters. The van der Waals surface area contributed by atoms with Gasteiger partial charge in [0.05, 0.1) is 0 Å². The van der Waals surface area contributed by atoms with Crippen molar-refractivity contribution in [1.82, 2.24) is 0 Å². The Kier molecular flexibility index (Phi) is 5.51. The lowest BCUT2D eigenvalue weighted by molar-refractivity contribution is 0.601. The molecule has 1 N–H and O–H groups in total. The molecule has 0 aliphatic heterocycles. The van der Waals surface area contributed by atoms with Gasteiger partial charge in [-0.2, -0.15) is 0 Å². The number of hydrogen-bond donors (Lipinski definition) is 1. The van der Waals surface area contributed by atoms with Crippen LogP contribution in [0, 0.1) is 5.82 Å². The molecule has 0 saturated carbocycles. The Bertz CT molecular complexity index is 630. The summed E-state index contributed by atoms with van der Waals surface area (Å²) in [6.45, 7) is 2.02. The van der Waals surface area contributed by atoms with Gasteiger partial charge >= 0.3 is 0 Å². The van der Waals surface area contributed by atoms with Crippen molar-refractivity contribution in [1.29, 1.82) is 0 Å². The van der Waals surface area contributed by atoms with Crippen molar-refractivity contribution in [3.63, 3.8) is 0 Å². The average molecular weight is 305 g/mol. The summed E-state index contributed by atoms with van der Waals surface area (Å²) >= 11 is 0. The molecule has 0 aliphatic rings. The van der Waals surface area contributed by atoms with Crippen molar-refractivity contribution in [2.45, 2.75) is 25.1 Å². The number of hydrogen-bond acceptors (Lipinski definition) is 2. The van der Waals surface area contributed by atoms with Crippen molar-refractivity contribution >= 4 is 16.5 Å². The van der Waals surface area contributed by atoms with E-state index in [-0.39, 0.29) is 11.9 Å². The number of benzene rings is 2. The highest BCUT2D eigenvalue weighted by atomic mass is 32.2. The van der Waals surface area contributed by atoms with Crippen molar-refractivity contribution in [3.05, 3.63) is 65.5 Å². The van der Waals surface area contributed by atoms with Crippen LogP contribution in [0.2, 0.25) is 0 Å². The van der Waals surface area contributed by atoms with Crippen molar-refractivity contribution in [2.75, 3.05) is 11.6 Å². The van der Waals surface area contributed by atoms with Gasteiger partial charge in [0.15, 0.2) is 0 Å². The van der Waals surface area contributed by atoms with E-state index in [1.165, 1.54) is 6.07 Å². The molecule has 0 radical (unpaired) electrons. The van der Waals surface area contributed by atoms with E-state index < -0.39 is 10.8 Å². The van der Waals surface area contributed by atoms with E-state index in [4.69, 9.17) is 0 Å². The molecule has 2 rings (SSSR count). The Morgan fingerprint density at radius 1 is 1.19 bits per heavy atom. The molecule has 0 bridgehead atoms. The van der Waals surface area contributed by atoms with Crippen LogP contribution >= 0.6 is 0 Å². The summed E-state index contributed by atoms with van der Waals surface area (Å²) in [4.78, 5) is 0. The molecule has 2 aromatic rings. The first-order valence-corrected chi connectivity index (χ1v) is 8.66. The lowest BCUT2D eigenvalue weighted by Crippen LogP contribution is -2.18. The molecular weight excluding hydrogens is 285 g/mol. The first-order chi connectivity index (χ1) is 10.0.